The van der Waals surface area contributed by atoms with E-state index in [1.807, 2.05) is 57.2 Å². The van der Waals surface area contributed by atoms with Gasteiger partial charge in [-0.3, -0.25) is 4.79 Å². The number of nitrogens with zero attached hydrogens (tertiary/aromatic N) is 4. The number of ether oxygens (including phenoxy) is 1. The van der Waals surface area contributed by atoms with E-state index in [1.165, 1.54) is 6.33 Å². The summed E-state index contributed by atoms with van der Waals surface area (Å²) in [6, 6.07) is 11.4. The molecule has 28 heavy (non-hydrogen) atoms. The molecule has 8 nitrogen and oxygen atoms in total. The molecule has 0 unspecified atom stereocenters. The third-order valence-corrected chi connectivity index (χ3v) is 4.02. The second kappa shape index (κ2) is 8.98. The van der Waals surface area contributed by atoms with Crippen LogP contribution in [0.25, 0.3) is 5.82 Å². The molecule has 2 heterocycles. The zero-order chi connectivity index (χ0) is 19.9. The van der Waals surface area contributed by atoms with E-state index in [4.69, 9.17) is 4.74 Å². The van der Waals surface area contributed by atoms with Crippen LogP contribution in [0, 0.1) is 20.8 Å². The molecule has 0 bridgehead atoms. The monoisotopic (exact) mass is 380 g/mol. The van der Waals surface area contributed by atoms with Crippen LogP contribution in [0.5, 0.6) is 5.75 Å². The molecule has 0 radical (unpaired) electrons. The highest BCUT2D eigenvalue weighted by molar-refractivity contribution is 5.77. The summed E-state index contributed by atoms with van der Waals surface area (Å²) in [5.41, 5.74) is 3.08. The lowest BCUT2D eigenvalue weighted by Crippen LogP contribution is -2.32. The molecule has 0 saturated heterocycles. The summed E-state index contributed by atoms with van der Waals surface area (Å²) in [4.78, 5) is 20.3. The number of benzene rings is 1. The van der Waals surface area contributed by atoms with Gasteiger partial charge in [-0.05, 0) is 39.0 Å². The van der Waals surface area contributed by atoms with Crippen LogP contribution >= 0.6 is 0 Å². The van der Waals surface area contributed by atoms with Crippen LogP contribution in [0.1, 0.15) is 17.0 Å². The number of hydrogen-bond acceptors (Lipinski definition) is 6. The molecule has 8 heteroatoms. The first-order chi connectivity index (χ1) is 13.5. The van der Waals surface area contributed by atoms with Gasteiger partial charge < -0.3 is 15.4 Å². The highest BCUT2D eigenvalue weighted by Crippen LogP contribution is 2.12. The number of carbonyl (C=O) groups is 1. The number of rotatable bonds is 8. The Hall–Kier alpha value is -3.42. The molecule has 0 aliphatic heterocycles. The highest BCUT2D eigenvalue weighted by Gasteiger charge is 2.07. The Morgan fingerprint density at radius 1 is 1.07 bits per heavy atom. The largest absolute Gasteiger partial charge is 0.484 e. The quantitative estimate of drug-likeness (QED) is 0.582. The highest BCUT2D eigenvalue weighted by atomic mass is 16.5. The first kappa shape index (κ1) is 19.3. The van der Waals surface area contributed by atoms with Gasteiger partial charge in [0.05, 0.1) is 5.69 Å². The van der Waals surface area contributed by atoms with E-state index in [9.17, 15) is 4.79 Å². The summed E-state index contributed by atoms with van der Waals surface area (Å²) in [6.07, 6.45) is 1.49. The van der Waals surface area contributed by atoms with Crippen molar-refractivity contribution in [2.75, 3.05) is 25.0 Å². The van der Waals surface area contributed by atoms with E-state index < -0.39 is 0 Å². The van der Waals surface area contributed by atoms with E-state index in [2.05, 4.69) is 25.7 Å². The van der Waals surface area contributed by atoms with Gasteiger partial charge in [0.1, 0.15) is 17.9 Å². The predicted octanol–water partition coefficient (Wildman–Crippen LogP) is 2.19. The van der Waals surface area contributed by atoms with Gasteiger partial charge in [-0.1, -0.05) is 17.7 Å². The smallest absolute Gasteiger partial charge is 0.258 e. The lowest BCUT2D eigenvalue weighted by Gasteiger charge is -2.10. The minimum absolute atomic E-state index is 0.0152. The second-order valence-corrected chi connectivity index (χ2v) is 6.48. The Bertz CT molecular complexity index is 936. The van der Waals surface area contributed by atoms with Crippen molar-refractivity contribution in [2.24, 2.45) is 0 Å². The summed E-state index contributed by atoms with van der Waals surface area (Å²) < 4.78 is 7.22. The van der Waals surface area contributed by atoms with Crippen molar-refractivity contribution in [3.05, 3.63) is 59.7 Å². The van der Waals surface area contributed by atoms with Gasteiger partial charge in [0.25, 0.3) is 5.91 Å². The number of aryl methyl sites for hydroxylation is 3. The second-order valence-electron chi connectivity index (χ2n) is 6.48. The van der Waals surface area contributed by atoms with Crippen LogP contribution in [-0.4, -0.2) is 45.4 Å². The Morgan fingerprint density at radius 3 is 2.57 bits per heavy atom. The fourth-order valence-electron chi connectivity index (χ4n) is 2.65. The Morgan fingerprint density at radius 2 is 1.86 bits per heavy atom. The summed E-state index contributed by atoms with van der Waals surface area (Å²) in [5.74, 6) is 1.87. The molecule has 1 amide bonds. The zero-order valence-corrected chi connectivity index (χ0v) is 16.3. The maximum Gasteiger partial charge on any atom is 0.258 e. The molecule has 0 aliphatic rings. The van der Waals surface area contributed by atoms with Crippen LogP contribution in [-0.2, 0) is 4.79 Å². The van der Waals surface area contributed by atoms with Gasteiger partial charge in [0.2, 0.25) is 0 Å². The Balaban J connectivity index is 1.42. The molecular weight excluding hydrogens is 356 g/mol. The molecule has 1 aromatic carbocycles. The molecule has 0 aliphatic carbocycles. The van der Waals surface area contributed by atoms with Gasteiger partial charge in [-0.2, -0.15) is 5.10 Å². The standard InChI is InChI=1S/C20H24N6O2/c1-14-4-6-17(7-5-14)28-12-20(27)22-9-8-21-18-11-19(24-13-23-18)26-16(3)10-15(2)25-26/h4-7,10-11,13H,8-9,12H2,1-3H3,(H,22,27)(H,21,23,24). The molecule has 2 N–H and O–H groups in total. The molecule has 0 atom stereocenters. The van der Waals surface area contributed by atoms with Gasteiger partial charge in [-0.25, -0.2) is 14.6 Å². The lowest BCUT2D eigenvalue weighted by atomic mass is 10.2. The number of carbonyl (C=O) groups excluding carboxylic acids is 1. The predicted molar refractivity (Wildman–Crippen MR) is 107 cm³/mol. The lowest BCUT2D eigenvalue weighted by molar-refractivity contribution is -0.123. The van der Waals surface area contributed by atoms with E-state index in [0.717, 1.165) is 17.0 Å². The number of nitrogens with one attached hydrogen (secondary N) is 2. The van der Waals surface area contributed by atoms with Gasteiger partial charge >= 0.3 is 0 Å². The SMILES string of the molecule is Cc1ccc(OCC(=O)NCCNc2cc(-n3nc(C)cc3C)ncn2)cc1. The first-order valence-corrected chi connectivity index (χ1v) is 9.07. The fraction of sp³-hybridized carbons (Fsp3) is 0.300. The summed E-state index contributed by atoms with van der Waals surface area (Å²) >= 11 is 0. The first-order valence-electron chi connectivity index (χ1n) is 9.07. The molecule has 0 saturated carbocycles. The summed E-state index contributed by atoms with van der Waals surface area (Å²) in [6.45, 7) is 6.89. The molecule has 0 spiro atoms. The summed E-state index contributed by atoms with van der Waals surface area (Å²) in [5, 5.41) is 10.4. The van der Waals surface area contributed by atoms with Crippen LogP contribution < -0.4 is 15.4 Å². The van der Waals surface area contributed by atoms with Crippen molar-refractivity contribution < 1.29 is 9.53 Å². The Kier molecular flexibility index (Phi) is 6.21. The summed E-state index contributed by atoms with van der Waals surface area (Å²) in [7, 11) is 0. The average molecular weight is 380 g/mol. The number of anilines is 1. The van der Waals surface area contributed by atoms with Crippen LogP contribution in [0.3, 0.4) is 0 Å². The van der Waals surface area contributed by atoms with Crippen molar-refractivity contribution in [1.29, 1.82) is 0 Å². The minimum Gasteiger partial charge on any atom is -0.484 e. The molecule has 3 rings (SSSR count). The third-order valence-electron chi connectivity index (χ3n) is 4.02. The van der Waals surface area contributed by atoms with Crippen molar-refractivity contribution in [3.63, 3.8) is 0 Å². The van der Waals surface area contributed by atoms with E-state index in [-0.39, 0.29) is 12.5 Å². The maximum absolute atomic E-state index is 11.9. The third kappa shape index (κ3) is 5.29. The number of aromatic nitrogens is 4. The average Bonchev–Trinajstić information content (AvgIpc) is 3.03. The van der Waals surface area contributed by atoms with E-state index >= 15 is 0 Å². The molecule has 2 aromatic heterocycles. The molecular formula is C20H24N6O2. The normalized spacial score (nSPS) is 10.5. The van der Waals surface area contributed by atoms with Crippen LogP contribution in [0.15, 0.2) is 42.7 Å². The van der Waals surface area contributed by atoms with Gasteiger partial charge in [0.15, 0.2) is 12.4 Å². The van der Waals surface area contributed by atoms with Gasteiger partial charge in [0, 0.05) is 24.8 Å². The molecule has 0 fully saturated rings. The topological polar surface area (TPSA) is 94.0 Å². The van der Waals surface area contributed by atoms with Gasteiger partial charge in [-0.15, -0.1) is 0 Å². The molecule has 146 valence electrons. The minimum atomic E-state index is -0.173. The van der Waals surface area contributed by atoms with Crippen molar-refractivity contribution in [1.82, 2.24) is 25.1 Å². The Labute approximate surface area is 164 Å². The number of amides is 1. The van der Waals surface area contributed by atoms with Crippen molar-refractivity contribution in [3.8, 4) is 11.6 Å². The van der Waals surface area contributed by atoms with Crippen LogP contribution in [0.4, 0.5) is 5.82 Å². The molecule has 3 aromatic rings. The number of hydrogen-bond donors (Lipinski definition) is 2. The van der Waals surface area contributed by atoms with E-state index in [0.29, 0.717) is 30.5 Å². The maximum atomic E-state index is 11.9. The van der Waals surface area contributed by atoms with Crippen molar-refractivity contribution >= 4 is 11.7 Å². The van der Waals surface area contributed by atoms with Crippen molar-refractivity contribution in [2.45, 2.75) is 20.8 Å². The van der Waals surface area contributed by atoms with E-state index in [1.54, 1.807) is 4.68 Å². The fourth-order valence-corrected chi connectivity index (χ4v) is 2.65. The zero-order valence-electron chi connectivity index (χ0n) is 16.3. The van der Waals surface area contributed by atoms with Crippen LogP contribution in [0.2, 0.25) is 0 Å².